The van der Waals surface area contributed by atoms with Crippen LogP contribution in [0.25, 0.3) is 0 Å². The predicted octanol–water partition coefficient (Wildman–Crippen LogP) is 3.19. The van der Waals surface area contributed by atoms with Gasteiger partial charge >= 0.3 is 10.4 Å². The Labute approximate surface area is 99.3 Å². The van der Waals surface area contributed by atoms with Crippen LogP contribution in [-0.4, -0.2) is 19.6 Å². The van der Waals surface area contributed by atoms with E-state index >= 15 is 0 Å². The van der Waals surface area contributed by atoms with Crippen molar-refractivity contribution in [2.24, 2.45) is 5.92 Å². The van der Waals surface area contributed by atoms with E-state index in [-0.39, 0.29) is 6.61 Å². The second kappa shape index (κ2) is 8.96. The van der Waals surface area contributed by atoms with Gasteiger partial charge in [0.15, 0.2) is 0 Å². The molecule has 1 N–H and O–H groups in total. The van der Waals surface area contributed by atoms with E-state index < -0.39 is 10.4 Å². The summed E-state index contributed by atoms with van der Waals surface area (Å²) in [7, 11) is -4.24. The molecule has 0 aliphatic carbocycles. The smallest absolute Gasteiger partial charge is 0.264 e. The van der Waals surface area contributed by atoms with Gasteiger partial charge in [0.05, 0.1) is 6.61 Å². The molecule has 0 aromatic rings. The molecule has 0 aromatic carbocycles. The molecule has 5 heteroatoms. The quantitative estimate of drug-likeness (QED) is 0.479. The normalized spacial score (nSPS) is 13.9. The van der Waals surface area contributed by atoms with Crippen LogP contribution >= 0.6 is 0 Å². The summed E-state index contributed by atoms with van der Waals surface area (Å²) in [5.74, 6) is 0.741. The standard InChI is InChI=1S/C11H24O4S/c1-3-5-8-11(4-2)9-6-7-10-15-16(12,13)14/h11H,3-10H2,1-2H3,(H,12,13,14). The molecule has 0 fully saturated rings. The Bertz CT molecular complexity index is 249. The van der Waals surface area contributed by atoms with Crippen molar-refractivity contribution in [1.29, 1.82) is 0 Å². The van der Waals surface area contributed by atoms with E-state index in [1.165, 1.54) is 25.7 Å². The van der Waals surface area contributed by atoms with E-state index in [1.54, 1.807) is 0 Å². The molecule has 0 aromatic heterocycles. The van der Waals surface area contributed by atoms with E-state index in [0.29, 0.717) is 6.42 Å². The van der Waals surface area contributed by atoms with Crippen molar-refractivity contribution >= 4 is 10.4 Å². The van der Waals surface area contributed by atoms with E-state index in [0.717, 1.165) is 18.8 Å². The predicted molar refractivity (Wildman–Crippen MR) is 64.7 cm³/mol. The first-order valence-corrected chi connectivity index (χ1v) is 7.48. The Kier molecular flexibility index (Phi) is 8.89. The van der Waals surface area contributed by atoms with Crippen LogP contribution in [0.3, 0.4) is 0 Å². The fourth-order valence-electron chi connectivity index (χ4n) is 1.74. The zero-order valence-corrected chi connectivity index (χ0v) is 11.1. The monoisotopic (exact) mass is 252 g/mol. The fraction of sp³-hybridized carbons (Fsp3) is 1.00. The molecule has 0 aliphatic heterocycles. The molecule has 0 amide bonds. The number of hydrogen-bond acceptors (Lipinski definition) is 3. The lowest BCUT2D eigenvalue weighted by atomic mass is 9.94. The maximum atomic E-state index is 10.3. The molecule has 0 heterocycles. The largest absolute Gasteiger partial charge is 0.397 e. The van der Waals surface area contributed by atoms with Gasteiger partial charge in [-0.05, 0) is 12.3 Å². The van der Waals surface area contributed by atoms with Crippen molar-refractivity contribution in [1.82, 2.24) is 0 Å². The van der Waals surface area contributed by atoms with Gasteiger partial charge in [-0.15, -0.1) is 0 Å². The summed E-state index contributed by atoms with van der Waals surface area (Å²) < 4.78 is 33.1. The minimum Gasteiger partial charge on any atom is -0.264 e. The highest BCUT2D eigenvalue weighted by Crippen LogP contribution is 2.19. The Hall–Kier alpha value is -0.130. The van der Waals surface area contributed by atoms with Crippen molar-refractivity contribution in [2.45, 2.75) is 58.8 Å². The summed E-state index contributed by atoms with van der Waals surface area (Å²) in [4.78, 5) is 0. The maximum Gasteiger partial charge on any atom is 0.397 e. The van der Waals surface area contributed by atoms with Gasteiger partial charge in [-0.2, -0.15) is 8.42 Å². The third kappa shape index (κ3) is 10.4. The molecule has 0 aliphatic rings. The van der Waals surface area contributed by atoms with Crippen LogP contribution in [0.1, 0.15) is 58.8 Å². The molecule has 98 valence electrons. The number of unbranched alkanes of at least 4 members (excludes halogenated alkanes) is 2. The lowest BCUT2D eigenvalue weighted by Crippen LogP contribution is -2.05. The second-order valence-corrected chi connectivity index (χ2v) is 5.25. The Morgan fingerprint density at radius 1 is 1.12 bits per heavy atom. The van der Waals surface area contributed by atoms with Crippen molar-refractivity contribution in [2.75, 3.05) is 6.61 Å². The molecule has 0 saturated heterocycles. The summed E-state index contributed by atoms with van der Waals surface area (Å²) >= 11 is 0. The van der Waals surface area contributed by atoms with Crippen LogP contribution in [-0.2, 0) is 14.6 Å². The summed E-state index contributed by atoms with van der Waals surface area (Å²) in [6.45, 7) is 4.46. The van der Waals surface area contributed by atoms with E-state index in [2.05, 4.69) is 18.0 Å². The highest BCUT2D eigenvalue weighted by atomic mass is 32.3. The lowest BCUT2D eigenvalue weighted by molar-refractivity contribution is 0.257. The van der Waals surface area contributed by atoms with Crippen molar-refractivity contribution in [3.8, 4) is 0 Å². The number of rotatable bonds is 10. The summed E-state index contributed by atoms with van der Waals surface area (Å²) in [6.07, 6.45) is 7.68. The minimum absolute atomic E-state index is 0.0864. The number of hydrogen-bond donors (Lipinski definition) is 1. The van der Waals surface area contributed by atoms with Crippen LogP contribution in [0.15, 0.2) is 0 Å². The molecule has 0 saturated carbocycles. The summed E-state index contributed by atoms with van der Waals surface area (Å²) in [5.41, 5.74) is 0. The summed E-state index contributed by atoms with van der Waals surface area (Å²) in [6, 6.07) is 0. The molecule has 1 atom stereocenters. The van der Waals surface area contributed by atoms with E-state index in [9.17, 15) is 8.42 Å². The molecule has 1 unspecified atom stereocenters. The van der Waals surface area contributed by atoms with E-state index in [4.69, 9.17) is 4.55 Å². The van der Waals surface area contributed by atoms with Crippen molar-refractivity contribution < 1.29 is 17.2 Å². The summed E-state index contributed by atoms with van der Waals surface area (Å²) in [5, 5.41) is 0. The average molecular weight is 252 g/mol. The average Bonchev–Trinajstić information content (AvgIpc) is 2.20. The van der Waals surface area contributed by atoms with Crippen LogP contribution in [0, 0.1) is 5.92 Å². The van der Waals surface area contributed by atoms with E-state index in [1.807, 2.05) is 0 Å². The molecule has 16 heavy (non-hydrogen) atoms. The van der Waals surface area contributed by atoms with Gasteiger partial charge in [0.25, 0.3) is 0 Å². The van der Waals surface area contributed by atoms with Gasteiger partial charge in [0.2, 0.25) is 0 Å². The minimum atomic E-state index is -4.24. The zero-order valence-electron chi connectivity index (χ0n) is 10.3. The third-order valence-electron chi connectivity index (χ3n) is 2.78. The van der Waals surface area contributed by atoms with Gasteiger partial charge in [-0.3, -0.25) is 4.55 Å². The Balaban J connectivity index is 3.48. The molecular formula is C11H24O4S. The Morgan fingerprint density at radius 2 is 1.75 bits per heavy atom. The third-order valence-corrected chi connectivity index (χ3v) is 3.25. The SMILES string of the molecule is CCCCC(CC)CCCCOS(=O)(=O)O. The first kappa shape index (κ1) is 15.9. The molecule has 0 spiro atoms. The van der Waals surface area contributed by atoms with Crippen molar-refractivity contribution in [3.05, 3.63) is 0 Å². The van der Waals surface area contributed by atoms with Crippen molar-refractivity contribution in [3.63, 3.8) is 0 Å². The van der Waals surface area contributed by atoms with Gasteiger partial charge in [0.1, 0.15) is 0 Å². The topological polar surface area (TPSA) is 63.6 Å². The van der Waals surface area contributed by atoms with Gasteiger partial charge < -0.3 is 0 Å². The lowest BCUT2D eigenvalue weighted by Gasteiger charge is -2.13. The molecule has 4 nitrogen and oxygen atoms in total. The molecule has 0 bridgehead atoms. The maximum absolute atomic E-state index is 10.3. The van der Waals surface area contributed by atoms with Crippen LogP contribution in [0.4, 0.5) is 0 Å². The first-order chi connectivity index (χ1) is 7.49. The highest BCUT2D eigenvalue weighted by molar-refractivity contribution is 7.80. The molecule has 0 radical (unpaired) electrons. The zero-order chi connectivity index (χ0) is 12.4. The molecule has 0 rings (SSSR count). The fourth-order valence-corrected chi connectivity index (χ4v) is 2.07. The first-order valence-electron chi connectivity index (χ1n) is 6.11. The van der Waals surface area contributed by atoms with Crippen LogP contribution < -0.4 is 0 Å². The highest BCUT2D eigenvalue weighted by Gasteiger charge is 2.07. The van der Waals surface area contributed by atoms with Crippen LogP contribution in [0.5, 0.6) is 0 Å². The van der Waals surface area contributed by atoms with Gasteiger partial charge in [0, 0.05) is 0 Å². The second-order valence-electron chi connectivity index (χ2n) is 4.16. The van der Waals surface area contributed by atoms with Gasteiger partial charge in [-0.25, -0.2) is 4.18 Å². The molecular weight excluding hydrogens is 228 g/mol. The van der Waals surface area contributed by atoms with Gasteiger partial charge in [-0.1, -0.05) is 52.4 Å². The Morgan fingerprint density at radius 3 is 2.25 bits per heavy atom. The van der Waals surface area contributed by atoms with Crippen LogP contribution in [0.2, 0.25) is 0 Å².